The average molecular weight is 367 g/mol. The molecule has 0 unspecified atom stereocenters. The summed E-state index contributed by atoms with van der Waals surface area (Å²) >= 11 is 0. The van der Waals surface area contributed by atoms with E-state index in [4.69, 9.17) is 0 Å². The summed E-state index contributed by atoms with van der Waals surface area (Å²) in [7, 11) is 1.89. The first-order chi connectivity index (χ1) is 12.7. The molecule has 8 nitrogen and oxygen atoms in total. The van der Waals surface area contributed by atoms with Gasteiger partial charge in [-0.2, -0.15) is 5.10 Å². The van der Waals surface area contributed by atoms with Crippen LogP contribution in [0.3, 0.4) is 0 Å². The summed E-state index contributed by atoms with van der Waals surface area (Å²) in [6, 6.07) is 11.5. The van der Waals surface area contributed by atoms with Crippen LogP contribution >= 0.6 is 0 Å². The van der Waals surface area contributed by atoms with Crippen LogP contribution in [0.5, 0.6) is 0 Å². The molecule has 0 fully saturated rings. The average Bonchev–Trinajstić information content (AvgIpc) is 3.19. The molecule has 0 saturated heterocycles. The molecule has 3 aromatic rings. The van der Waals surface area contributed by atoms with E-state index in [0.29, 0.717) is 17.1 Å². The van der Waals surface area contributed by atoms with Gasteiger partial charge in [0.25, 0.3) is 11.6 Å². The van der Waals surface area contributed by atoms with Crippen LogP contribution in [-0.2, 0) is 7.05 Å². The number of hydrogen-bond acceptors (Lipinski definition) is 4. The van der Waals surface area contributed by atoms with Crippen LogP contribution in [0.4, 0.5) is 5.69 Å². The van der Waals surface area contributed by atoms with Gasteiger partial charge in [-0.3, -0.25) is 14.9 Å². The number of nitrogens with zero attached hydrogens (tertiary/aromatic N) is 4. The molecule has 1 amide bonds. The Morgan fingerprint density at radius 2 is 1.93 bits per heavy atom. The van der Waals surface area contributed by atoms with Crippen molar-refractivity contribution in [3.8, 4) is 17.1 Å². The summed E-state index contributed by atoms with van der Waals surface area (Å²) in [5.74, 6) is -0.304. The maximum Gasteiger partial charge on any atom is 0.271 e. The Hall–Kier alpha value is -3.42. The molecule has 0 radical (unpaired) electrons. The first-order valence-electron chi connectivity index (χ1n) is 8.45. The lowest BCUT2D eigenvalue weighted by atomic mass is 10.1. The zero-order chi connectivity index (χ0) is 19.8. The largest absolute Gasteiger partial charge is 0.349 e. The summed E-state index contributed by atoms with van der Waals surface area (Å²) in [6.45, 7) is 5.66. The third-order valence-electron chi connectivity index (χ3n) is 3.92. The van der Waals surface area contributed by atoms with Crippen molar-refractivity contribution < 1.29 is 9.72 Å². The lowest BCUT2D eigenvalue weighted by Crippen LogP contribution is -2.41. The minimum Gasteiger partial charge on any atom is -0.349 e. The zero-order valence-electron chi connectivity index (χ0n) is 15.6. The first kappa shape index (κ1) is 18.4. The second-order valence-electron chi connectivity index (χ2n) is 7.31. The van der Waals surface area contributed by atoms with Gasteiger partial charge in [-0.15, -0.1) is 0 Å². The number of aromatic nitrogens is 3. The molecule has 1 N–H and O–H groups in total. The van der Waals surface area contributed by atoms with E-state index in [1.807, 2.05) is 50.7 Å². The fourth-order valence-corrected chi connectivity index (χ4v) is 2.74. The van der Waals surface area contributed by atoms with Crippen molar-refractivity contribution in [3.05, 3.63) is 64.5 Å². The highest BCUT2D eigenvalue weighted by Gasteiger charge is 2.23. The van der Waals surface area contributed by atoms with E-state index in [9.17, 15) is 14.9 Å². The smallest absolute Gasteiger partial charge is 0.271 e. The molecule has 0 aliphatic heterocycles. The SMILES string of the molecule is Cn1cccc1-c1cc(C(=O)NC(C)(C)C)n(-c2cccc([N+](=O)[O-])c2)n1. The van der Waals surface area contributed by atoms with E-state index in [2.05, 4.69) is 10.4 Å². The maximum atomic E-state index is 12.8. The van der Waals surface area contributed by atoms with Crippen LogP contribution < -0.4 is 5.32 Å². The summed E-state index contributed by atoms with van der Waals surface area (Å²) in [4.78, 5) is 23.5. The van der Waals surface area contributed by atoms with Gasteiger partial charge in [0.15, 0.2) is 0 Å². The van der Waals surface area contributed by atoms with Crippen LogP contribution in [0, 0.1) is 10.1 Å². The van der Waals surface area contributed by atoms with Crippen molar-refractivity contribution in [1.29, 1.82) is 0 Å². The molecule has 0 atom stereocenters. The highest BCUT2D eigenvalue weighted by Crippen LogP contribution is 2.24. The number of carbonyl (C=O) groups excluding carboxylic acids is 1. The van der Waals surface area contributed by atoms with Gasteiger partial charge in [0.05, 0.1) is 16.3 Å². The number of carbonyl (C=O) groups is 1. The number of aryl methyl sites for hydroxylation is 1. The predicted octanol–water partition coefficient (Wildman–Crippen LogP) is 3.31. The Morgan fingerprint density at radius 1 is 1.19 bits per heavy atom. The highest BCUT2D eigenvalue weighted by molar-refractivity contribution is 5.94. The summed E-state index contributed by atoms with van der Waals surface area (Å²) < 4.78 is 3.34. The number of rotatable bonds is 4. The fraction of sp³-hybridized carbons (Fsp3) is 0.263. The van der Waals surface area contributed by atoms with Crippen molar-refractivity contribution in [2.24, 2.45) is 7.05 Å². The normalized spacial score (nSPS) is 11.4. The van der Waals surface area contributed by atoms with Gasteiger partial charge < -0.3 is 9.88 Å². The molecule has 27 heavy (non-hydrogen) atoms. The molecule has 0 spiro atoms. The Labute approximate surface area is 156 Å². The predicted molar refractivity (Wildman–Crippen MR) is 102 cm³/mol. The van der Waals surface area contributed by atoms with Gasteiger partial charge in [-0.05, 0) is 45.0 Å². The Balaban J connectivity index is 2.15. The van der Waals surface area contributed by atoms with Gasteiger partial charge in [-0.1, -0.05) is 6.07 Å². The number of amides is 1. The van der Waals surface area contributed by atoms with E-state index < -0.39 is 10.5 Å². The van der Waals surface area contributed by atoms with E-state index in [0.717, 1.165) is 5.69 Å². The maximum absolute atomic E-state index is 12.8. The first-order valence-corrected chi connectivity index (χ1v) is 8.45. The third kappa shape index (κ3) is 3.89. The van der Waals surface area contributed by atoms with Gasteiger partial charge in [0.1, 0.15) is 11.4 Å². The highest BCUT2D eigenvalue weighted by atomic mass is 16.6. The molecule has 8 heteroatoms. The summed E-state index contributed by atoms with van der Waals surface area (Å²) in [5, 5.41) is 18.6. The molecular weight excluding hydrogens is 346 g/mol. The second kappa shape index (κ2) is 6.71. The Bertz CT molecular complexity index is 1010. The zero-order valence-corrected chi connectivity index (χ0v) is 15.6. The number of nitro groups is 1. The van der Waals surface area contributed by atoms with Crippen LogP contribution in [-0.4, -0.2) is 30.7 Å². The number of benzene rings is 1. The monoisotopic (exact) mass is 367 g/mol. The standard InChI is InChI=1S/C19H21N5O3/c1-19(2,3)20-18(25)17-12-15(16-9-6-10-22(16)4)21-23(17)13-7-5-8-14(11-13)24(26)27/h5-12H,1-4H3,(H,20,25). The number of nitro benzene ring substituents is 1. The molecule has 0 aliphatic rings. The summed E-state index contributed by atoms with van der Waals surface area (Å²) in [5.41, 5.74) is 1.70. The van der Waals surface area contributed by atoms with Gasteiger partial charge in [0, 0.05) is 30.9 Å². The van der Waals surface area contributed by atoms with Crippen molar-refractivity contribution in [2.45, 2.75) is 26.3 Å². The molecule has 2 aromatic heterocycles. The molecule has 3 rings (SSSR count). The quantitative estimate of drug-likeness (QED) is 0.565. The van der Waals surface area contributed by atoms with Crippen molar-refractivity contribution in [1.82, 2.24) is 19.7 Å². The summed E-state index contributed by atoms with van der Waals surface area (Å²) in [6.07, 6.45) is 1.89. The Kier molecular flexibility index (Phi) is 4.57. The molecule has 140 valence electrons. The number of hydrogen-bond donors (Lipinski definition) is 1. The van der Waals surface area contributed by atoms with E-state index in [1.54, 1.807) is 18.2 Å². The van der Waals surface area contributed by atoms with Crippen LogP contribution in [0.1, 0.15) is 31.3 Å². The topological polar surface area (TPSA) is 95.0 Å². The van der Waals surface area contributed by atoms with Gasteiger partial charge in [-0.25, -0.2) is 4.68 Å². The lowest BCUT2D eigenvalue weighted by molar-refractivity contribution is -0.384. The molecular formula is C19H21N5O3. The number of non-ortho nitro benzene ring substituents is 1. The Morgan fingerprint density at radius 3 is 2.52 bits per heavy atom. The van der Waals surface area contributed by atoms with Crippen molar-refractivity contribution in [2.75, 3.05) is 0 Å². The second-order valence-corrected chi connectivity index (χ2v) is 7.31. The van der Waals surface area contributed by atoms with Crippen LogP contribution in [0.15, 0.2) is 48.7 Å². The van der Waals surface area contributed by atoms with E-state index >= 15 is 0 Å². The fourth-order valence-electron chi connectivity index (χ4n) is 2.74. The van der Waals surface area contributed by atoms with E-state index in [1.165, 1.54) is 16.8 Å². The molecule has 0 saturated carbocycles. The lowest BCUT2D eigenvalue weighted by Gasteiger charge is -2.20. The minimum absolute atomic E-state index is 0.0643. The minimum atomic E-state index is -0.472. The number of nitrogens with one attached hydrogen (secondary N) is 1. The van der Waals surface area contributed by atoms with Crippen LogP contribution in [0.25, 0.3) is 17.1 Å². The molecule has 2 heterocycles. The van der Waals surface area contributed by atoms with Crippen LogP contribution in [0.2, 0.25) is 0 Å². The van der Waals surface area contributed by atoms with Gasteiger partial charge in [0.2, 0.25) is 0 Å². The van der Waals surface area contributed by atoms with Gasteiger partial charge >= 0.3 is 0 Å². The van der Waals surface area contributed by atoms with Crippen molar-refractivity contribution in [3.63, 3.8) is 0 Å². The third-order valence-corrected chi connectivity index (χ3v) is 3.92. The molecule has 0 bridgehead atoms. The van der Waals surface area contributed by atoms with Crippen molar-refractivity contribution >= 4 is 11.6 Å². The van der Waals surface area contributed by atoms with E-state index in [-0.39, 0.29) is 11.6 Å². The molecule has 1 aromatic carbocycles. The molecule has 0 aliphatic carbocycles.